The molecule has 0 bridgehead atoms. The quantitative estimate of drug-likeness (QED) is 0.588. The van der Waals surface area contributed by atoms with Crippen LogP contribution in [0, 0.1) is 17.0 Å². The van der Waals surface area contributed by atoms with E-state index in [-0.39, 0.29) is 11.6 Å². The number of hydrogen-bond donors (Lipinski definition) is 0. The van der Waals surface area contributed by atoms with Crippen LogP contribution in [0.3, 0.4) is 0 Å². The first-order valence-corrected chi connectivity index (χ1v) is 9.30. The summed E-state index contributed by atoms with van der Waals surface area (Å²) in [7, 11) is 1.71. The fourth-order valence-corrected chi connectivity index (χ4v) is 3.47. The largest absolute Gasteiger partial charge is 0.372 e. The Morgan fingerprint density at radius 1 is 1.11 bits per heavy atom. The van der Waals surface area contributed by atoms with Crippen LogP contribution < -0.4 is 4.90 Å². The van der Waals surface area contributed by atoms with Gasteiger partial charge in [0.05, 0.1) is 4.92 Å². The first-order valence-electron chi connectivity index (χ1n) is 9.30. The van der Waals surface area contributed by atoms with Gasteiger partial charge in [-0.2, -0.15) is 0 Å². The van der Waals surface area contributed by atoms with Gasteiger partial charge in [0, 0.05) is 49.6 Å². The Labute approximate surface area is 159 Å². The first kappa shape index (κ1) is 18.9. The van der Waals surface area contributed by atoms with E-state index >= 15 is 0 Å². The minimum absolute atomic E-state index is 0.0277. The van der Waals surface area contributed by atoms with Crippen molar-refractivity contribution in [1.29, 1.82) is 0 Å². The molecule has 1 amide bonds. The zero-order valence-corrected chi connectivity index (χ0v) is 15.9. The minimum atomic E-state index is -0.453. The maximum absolute atomic E-state index is 12.6. The highest BCUT2D eigenvalue weighted by Crippen LogP contribution is 2.22. The molecule has 0 aromatic heterocycles. The van der Waals surface area contributed by atoms with Crippen molar-refractivity contribution >= 4 is 17.3 Å². The zero-order valence-electron chi connectivity index (χ0n) is 15.9. The Kier molecular flexibility index (Phi) is 5.74. The molecule has 0 aliphatic carbocycles. The van der Waals surface area contributed by atoms with Gasteiger partial charge in [-0.05, 0) is 49.9 Å². The molecule has 1 aliphatic rings. The van der Waals surface area contributed by atoms with E-state index in [2.05, 4.69) is 17.0 Å². The molecule has 0 saturated carbocycles. The summed E-state index contributed by atoms with van der Waals surface area (Å²) < 4.78 is 0. The smallest absolute Gasteiger partial charge is 0.273 e. The average Bonchev–Trinajstić information content (AvgIpc) is 2.69. The summed E-state index contributed by atoms with van der Waals surface area (Å²) in [4.78, 5) is 27.3. The summed E-state index contributed by atoms with van der Waals surface area (Å²) in [5, 5.41) is 11.1. The average molecular weight is 367 g/mol. The lowest BCUT2D eigenvalue weighted by Crippen LogP contribution is -2.29. The summed E-state index contributed by atoms with van der Waals surface area (Å²) in [6.07, 6.45) is 3.78. The number of nitrogens with zero attached hydrogens (tertiary/aromatic N) is 3. The fraction of sp³-hybridized carbons (Fsp3) is 0.381. The van der Waals surface area contributed by atoms with Gasteiger partial charge in [0.1, 0.15) is 0 Å². The topological polar surface area (TPSA) is 66.7 Å². The lowest BCUT2D eigenvalue weighted by atomic mass is 10.1. The van der Waals surface area contributed by atoms with Gasteiger partial charge in [-0.25, -0.2) is 0 Å². The van der Waals surface area contributed by atoms with Crippen molar-refractivity contribution in [3.8, 4) is 0 Å². The van der Waals surface area contributed by atoms with Crippen LogP contribution in [0.5, 0.6) is 0 Å². The predicted octanol–water partition coefficient (Wildman–Crippen LogP) is 4.17. The molecule has 0 spiro atoms. The van der Waals surface area contributed by atoms with E-state index in [9.17, 15) is 14.9 Å². The van der Waals surface area contributed by atoms with Crippen molar-refractivity contribution in [2.75, 3.05) is 25.0 Å². The number of piperidine rings is 1. The van der Waals surface area contributed by atoms with Crippen LogP contribution in [0.2, 0.25) is 0 Å². The second kappa shape index (κ2) is 8.20. The van der Waals surface area contributed by atoms with Crippen LogP contribution in [-0.2, 0) is 6.54 Å². The molecule has 1 saturated heterocycles. The van der Waals surface area contributed by atoms with Gasteiger partial charge < -0.3 is 9.80 Å². The maximum Gasteiger partial charge on any atom is 0.273 e. The van der Waals surface area contributed by atoms with Gasteiger partial charge in [-0.15, -0.1) is 0 Å². The molecule has 1 aliphatic heterocycles. The van der Waals surface area contributed by atoms with E-state index in [1.54, 1.807) is 31.0 Å². The number of nitro benzene ring substituents is 1. The second-order valence-corrected chi connectivity index (χ2v) is 7.13. The molecule has 0 unspecified atom stereocenters. The second-order valence-electron chi connectivity index (χ2n) is 7.13. The number of carbonyl (C=O) groups is 1. The SMILES string of the molecule is Cc1ccc(C(=O)N(C)Cc2ccc(N3CCCCC3)cc2)cc1[N+](=O)[O-]. The van der Waals surface area contributed by atoms with Crippen LogP contribution in [0.1, 0.15) is 40.7 Å². The molecule has 6 heteroatoms. The molecule has 2 aromatic carbocycles. The van der Waals surface area contributed by atoms with Gasteiger partial charge >= 0.3 is 0 Å². The summed E-state index contributed by atoms with van der Waals surface area (Å²) in [5.74, 6) is -0.224. The standard InChI is InChI=1S/C21H25N3O3/c1-16-6-9-18(14-20(16)24(26)27)21(25)22(2)15-17-7-10-19(11-8-17)23-12-4-3-5-13-23/h6-11,14H,3-5,12-13,15H2,1-2H3. The van der Waals surface area contributed by atoms with Crippen molar-refractivity contribution in [3.05, 3.63) is 69.3 Å². The molecule has 0 radical (unpaired) electrons. The molecule has 27 heavy (non-hydrogen) atoms. The van der Waals surface area contributed by atoms with Gasteiger partial charge in [0.2, 0.25) is 0 Å². The monoisotopic (exact) mass is 367 g/mol. The molecule has 142 valence electrons. The van der Waals surface area contributed by atoms with E-state index in [0.717, 1.165) is 18.7 Å². The van der Waals surface area contributed by atoms with E-state index in [0.29, 0.717) is 17.7 Å². The molecule has 3 rings (SSSR count). The molecule has 0 atom stereocenters. The molecular weight excluding hydrogens is 342 g/mol. The van der Waals surface area contributed by atoms with E-state index < -0.39 is 4.92 Å². The van der Waals surface area contributed by atoms with Gasteiger partial charge in [-0.1, -0.05) is 18.2 Å². The highest BCUT2D eigenvalue weighted by Gasteiger charge is 2.18. The van der Waals surface area contributed by atoms with Crippen molar-refractivity contribution in [2.45, 2.75) is 32.7 Å². The van der Waals surface area contributed by atoms with E-state index in [1.807, 2.05) is 12.1 Å². The predicted molar refractivity (Wildman–Crippen MR) is 106 cm³/mol. The molecule has 6 nitrogen and oxygen atoms in total. The van der Waals surface area contributed by atoms with Crippen LogP contribution >= 0.6 is 0 Å². The number of anilines is 1. The Bertz CT molecular complexity index is 827. The van der Waals surface area contributed by atoms with Crippen LogP contribution in [0.15, 0.2) is 42.5 Å². The Morgan fingerprint density at radius 2 is 1.78 bits per heavy atom. The number of nitro groups is 1. The summed E-state index contributed by atoms with van der Waals surface area (Å²) in [6.45, 7) is 4.33. The lowest BCUT2D eigenvalue weighted by Gasteiger charge is -2.29. The first-order chi connectivity index (χ1) is 13.0. The van der Waals surface area contributed by atoms with Crippen molar-refractivity contribution in [1.82, 2.24) is 4.90 Å². The third-order valence-corrected chi connectivity index (χ3v) is 5.08. The molecular formula is C21H25N3O3. The Hall–Kier alpha value is -2.89. The molecule has 1 fully saturated rings. The Balaban J connectivity index is 1.67. The fourth-order valence-electron chi connectivity index (χ4n) is 3.47. The van der Waals surface area contributed by atoms with E-state index in [4.69, 9.17) is 0 Å². The van der Waals surface area contributed by atoms with E-state index in [1.165, 1.54) is 31.0 Å². The van der Waals surface area contributed by atoms with Gasteiger partial charge in [0.25, 0.3) is 11.6 Å². The highest BCUT2D eigenvalue weighted by molar-refractivity contribution is 5.94. The number of carbonyl (C=O) groups excluding carboxylic acids is 1. The summed E-state index contributed by atoms with van der Waals surface area (Å²) >= 11 is 0. The van der Waals surface area contributed by atoms with Crippen molar-refractivity contribution < 1.29 is 9.72 Å². The number of aryl methyl sites for hydroxylation is 1. The van der Waals surface area contributed by atoms with Crippen LogP contribution in [-0.4, -0.2) is 35.9 Å². The highest BCUT2D eigenvalue weighted by atomic mass is 16.6. The third kappa shape index (κ3) is 4.45. The summed E-state index contributed by atoms with van der Waals surface area (Å²) in [5.41, 5.74) is 3.11. The van der Waals surface area contributed by atoms with Crippen molar-refractivity contribution in [3.63, 3.8) is 0 Å². The summed E-state index contributed by atoms with van der Waals surface area (Å²) in [6, 6.07) is 12.9. The third-order valence-electron chi connectivity index (χ3n) is 5.08. The Morgan fingerprint density at radius 3 is 2.41 bits per heavy atom. The normalized spacial score (nSPS) is 14.1. The van der Waals surface area contributed by atoms with Crippen molar-refractivity contribution in [2.24, 2.45) is 0 Å². The number of amides is 1. The van der Waals surface area contributed by atoms with Gasteiger partial charge in [-0.3, -0.25) is 14.9 Å². The molecule has 2 aromatic rings. The van der Waals surface area contributed by atoms with Crippen LogP contribution in [0.25, 0.3) is 0 Å². The van der Waals surface area contributed by atoms with Gasteiger partial charge in [0.15, 0.2) is 0 Å². The number of rotatable bonds is 5. The minimum Gasteiger partial charge on any atom is -0.372 e. The zero-order chi connectivity index (χ0) is 19.4. The molecule has 1 heterocycles. The number of hydrogen-bond acceptors (Lipinski definition) is 4. The maximum atomic E-state index is 12.6. The molecule has 0 N–H and O–H groups in total. The lowest BCUT2D eigenvalue weighted by molar-refractivity contribution is -0.385. The number of benzene rings is 2. The van der Waals surface area contributed by atoms with Crippen LogP contribution in [0.4, 0.5) is 11.4 Å².